The van der Waals surface area contributed by atoms with Crippen molar-refractivity contribution in [3.8, 4) is 0 Å². The Hall–Kier alpha value is -1.36. The molecule has 1 aromatic heterocycles. The fraction of sp³-hybridized carbons (Fsp3) is 0.312. The van der Waals surface area contributed by atoms with Crippen LogP contribution in [0.1, 0.15) is 35.4 Å². The average Bonchev–Trinajstić information content (AvgIpc) is 3.04. The number of hydrogen-bond acceptors (Lipinski definition) is 3. The summed E-state index contributed by atoms with van der Waals surface area (Å²) in [5.74, 6) is 0.0642. The average molecular weight is 321 g/mol. The third kappa shape index (κ3) is 2.98. The van der Waals surface area contributed by atoms with Crippen LogP contribution in [0.2, 0.25) is 5.02 Å². The number of halogens is 1. The molecule has 0 saturated carbocycles. The number of carbonyl (C=O) groups is 1. The van der Waals surface area contributed by atoms with E-state index >= 15 is 0 Å². The molecular formula is C16H17ClN2OS. The van der Waals surface area contributed by atoms with E-state index in [0.717, 1.165) is 39.7 Å². The molecule has 1 aromatic carbocycles. The van der Waals surface area contributed by atoms with E-state index < -0.39 is 0 Å². The summed E-state index contributed by atoms with van der Waals surface area (Å²) in [6.07, 6.45) is 1.52. The molecule has 0 radical (unpaired) electrons. The van der Waals surface area contributed by atoms with Crippen LogP contribution in [0.4, 0.5) is 5.69 Å². The van der Waals surface area contributed by atoms with Crippen molar-refractivity contribution in [2.45, 2.75) is 25.8 Å². The molecule has 3 rings (SSSR count). The van der Waals surface area contributed by atoms with Crippen LogP contribution in [0.15, 0.2) is 29.6 Å². The predicted octanol–water partition coefficient (Wildman–Crippen LogP) is 3.99. The molecule has 0 bridgehead atoms. The van der Waals surface area contributed by atoms with Crippen molar-refractivity contribution in [1.82, 2.24) is 5.32 Å². The number of amides is 1. The summed E-state index contributed by atoms with van der Waals surface area (Å²) < 4.78 is 0. The van der Waals surface area contributed by atoms with Gasteiger partial charge in [0.25, 0.3) is 0 Å². The SMILES string of the molecule is CCCNC(c1ccc2c(c1)CC(=O)N2)c1sccc1Cl. The lowest BCUT2D eigenvalue weighted by Gasteiger charge is -2.19. The lowest BCUT2D eigenvalue weighted by atomic mass is 10.0. The molecule has 0 spiro atoms. The van der Waals surface area contributed by atoms with E-state index in [1.165, 1.54) is 0 Å². The van der Waals surface area contributed by atoms with E-state index in [4.69, 9.17) is 11.6 Å². The predicted molar refractivity (Wildman–Crippen MR) is 88.2 cm³/mol. The molecule has 2 aromatic rings. The Morgan fingerprint density at radius 2 is 2.29 bits per heavy atom. The number of hydrogen-bond donors (Lipinski definition) is 2. The Labute approximate surface area is 133 Å². The van der Waals surface area contributed by atoms with Gasteiger partial charge in [0.1, 0.15) is 0 Å². The number of carbonyl (C=O) groups excluding carboxylic acids is 1. The molecule has 5 heteroatoms. The standard InChI is InChI=1S/C16H17ClN2OS/c1-2-6-18-15(16-12(17)5-7-21-16)10-3-4-13-11(8-10)9-14(20)19-13/h3-5,7-8,15,18H,2,6,9H2,1H3,(H,19,20). The smallest absolute Gasteiger partial charge is 0.228 e. The van der Waals surface area contributed by atoms with E-state index in [2.05, 4.69) is 29.7 Å². The Bertz CT molecular complexity index is 668. The maximum absolute atomic E-state index is 11.5. The topological polar surface area (TPSA) is 41.1 Å². The first kappa shape index (κ1) is 14.6. The molecule has 0 aliphatic carbocycles. The summed E-state index contributed by atoms with van der Waals surface area (Å²) >= 11 is 7.97. The van der Waals surface area contributed by atoms with E-state index in [1.54, 1.807) is 11.3 Å². The number of nitrogens with one attached hydrogen (secondary N) is 2. The highest BCUT2D eigenvalue weighted by atomic mass is 35.5. The maximum atomic E-state index is 11.5. The van der Waals surface area contributed by atoms with Crippen LogP contribution in [0.3, 0.4) is 0 Å². The third-order valence-corrected chi connectivity index (χ3v) is 5.02. The first-order chi connectivity index (χ1) is 10.2. The second kappa shape index (κ2) is 6.18. The molecule has 3 nitrogen and oxygen atoms in total. The number of fused-ring (bicyclic) bond motifs is 1. The van der Waals surface area contributed by atoms with Gasteiger partial charge < -0.3 is 10.6 Å². The molecule has 0 fully saturated rings. The van der Waals surface area contributed by atoms with Gasteiger partial charge in [0, 0.05) is 10.6 Å². The van der Waals surface area contributed by atoms with Gasteiger partial charge in [-0.1, -0.05) is 30.7 Å². The Kier molecular flexibility index (Phi) is 4.29. The van der Waals surface area contributed by atoms with Gasteiger partial charge >= 0.3 is 0 Å². The van der Waals surface area contributed by atoms with Crippen LogP contribution < -0.4 is 10.6 Å². The minimum Gasteiger partial charge on any atom is -0.326 e. The minimum atomic E-state index is 0.0642. The minimum absolute atomic E-state index is 0.0642. The number of rotatable bonds is 5. The van der Waals surface area contributed by atoms with Crippen LogP contribution >= 0.6 is 22.9 Å². The van der Waals surface area contributed by atoms with Crippen LogP contribution in [0.5, 0.6) is 0 Å². The van der Waals surface area contributed by atoms with Gasteiger partial charge in [-0.2, -0.15) is 0 Å². The summed E-state index contributed by atoms with van der Waals surface area (Å²) in [5.41, 5.74) is 3.15. The third-order valence-electron chi connectivity index (χ3n) is 3.59. The molecule has 1 atom stereocenters. The van der Waals surface area contributed by atoms with Gasteiger partial charge in [-0.05, 0) is 41.6 Å². The van der Waals surface area contributed by atoms with Gasteiger partial charge in [0.15, 0.2) is 0 Å². The van der Waals surface area contributed by atoms with Gasteiger partial charge in [-0.3, -0.25) is 4.79 Å². The lowest BCUT2D eigenvalue weighted by molar-refractivity contribution is -0.115. The van der Waals surface area contributed by atoms with E-state index in [1.807, 2.05) is 17.5 Å². The Morgan fingerprint density at radius 3 is 3.00 bits per heavy atom. The molecule has 2 N–H and O–H groups in total. The molecule has 1 aliphatic heterocycles. The lowest BCUT2D eigenvalue weighted by Crippen LogP contribution is -2.22. The van der Waals surface area contributed by atoms with Gasteiger partial charge in [0.05, 0.1) is 17.5 Å². The first-order valence-corrected chi connectivity index (χ1v) is 8.33. The van der Waals surface area contributed by atoms with Crippen molar-refractivity contribution >= 4 is 34.5 Å². The van der Waals surface area contributed by atoms with E-state index in [9.17, 15) is 4.79 Å². The van der Waals surface area contributed by atoms with Crippen molar-refractivity contribution < 1.29 is 4.79 Å². The van der Waals surface area contributed by atoms with Crippen LogP contribution in [0.25, 0.3) is 0 Å². The Morgan fingerprint density at radius 1 is 1.43 bits per heavy atom. The highest BCUT2D eigenvalue weighted by Crippen LogP contribution is 2.35. The zero-order valence-electron chi connectivity index (χ0n) is 11.8. The molecule has 0 saturated heterocycles. The highest BCUT2D eigenvalue weighted by molar-refractivity contribution is 7.10. The quantitative estimate of drug-likeness (QED) is 0.874. The highest BCUT2D eigenvalue weighted by Gasteiger charge is 2.22. The molecule has 21 heavy (non-hydrogen) atoms. The van der Waals surface area contributed by atoms with Crippen LogP contribution in [-0.2, 0) is 11.2 Å². The van der Waals surface area contributed by atoms with E-state index in [0.29, 0.717) is 6.42 Å². The van der Waals surface area contributed by atoms with Crippen LogP contribution in [0, 0.1) is 0 Å². The van der Waals surface area contributed by atoms with Gasteiger partial charge in [0.2, 0.25) is 5.91 Å². The zero-order chi connectivity index (χ0) is 14.8. The molecule has 2 heterocycles. The summed E-state index contributed by atoms with van der Waals surface area (Å²) in [7, 11) is 0. The monoisotopic (exact) mass is 320 g/mol. The van der Waals surface area contributed by atoms with Gasteiger partial charge in [-0.15, -0.1) is 11.3 Å². The molecule has 1 aliphatic rings. The molecule has 110 valence electrons. The van der Waals surface area contributed by atoms with E-state index in [-0.39, 0.29) is 11.9 Å². The zero-order valence-corrected chi connectivity index (χ0v) is 13.4. The second-order valence-electron chi connectivity index (χ2n) is 5.16. The fourth-order valence-corrected chi connectivity index (χ4v) is 3.86. The van der Waals surface area contributed by atoms with Gasteiger partial charge in [-0.25, -0.2) is 0 Å². The van der Waals surface area contributed by atoms with Crippen molar-refractivity contribution in [2.24, 2.45) is 0 Å². The summed E-state index contributed by atoms with van der Waals surface area (Å²) in [5, 5.41) is 9.23. The molecule has 1 unspecified atom stereocenters. The number of anilines is 1. The number of benzene rings is 1. The summed E-state index contributed by atoms with van der Waals surface area (Å²) in [6.45, 7) is 3.07. The number of thiophene rings is 1. The van der Waals surface area contributed by atoms with Crippen molar-refractivity contribution in [2.75, 3.05) is 11.9 Å². The molecule has 1 amide bonds. The maximum Gasteiger partial charge on any atom is 0.228 e. The van der Waals surface area contributed by atoms with Crippen molar-refractivity contribution in [3.63, 3.8) is 0 Å². The van der Waals surface area contributed by atoms with Crippen LogP contribution in [-0.4, -0.2) is 12.5 Å². The summed E-state index contributed by atoms with van der Waals surface area (Å²) in [4.78, 5) is 12.6. The first-order valence-electron chi connectivity index (χ1n) is 7.08. The summed E-state index contributed by atoms with van der Waals surface area (Å²) in [6, 6.07) is 8.17. The normalized spacial score (nSPS) is 14.9. The van der Waals surface area contributed by atoms with Crippen molar-refractivity contribution in [3.05, 3.63) is 50.7 Å². The largest absolute Gasteiger partial charge is 0.326 e. The Balaban J connectivity index is 1.95. The molecular weight excluding hydrogens is 304 g/mol. The fourth-order valence-electron chi connectivity index (χ4n) is 2.59. The van der Waals surface area contributed by atoms with Crippen molar-refractivity contribution in [1.29, 1.82) is 0 Å². The second-order valence-corrected chi connectivity index (χ2v) is 6.52.